The van der Waals surface area contributed by atoms with Gasteiger partial charge in [-0.1, -0.05) is 13.8 Å². The number of hydrogen-bond acceptors (Lipinski definition) is 3. The molecule has 0 saturated heterocycles. The van der Waals surface area contributed by atoms with Crippen molar-refractivity contribution in [2.24, 2.45) is 0 Å². The van der Waals surface area contributed by atoms with E-state index in [1.807, 2.05) is 13.8 Å². The van der Waals surface area contributed by atoms with Gasteiger partial charge in [0.15, 0.2) is 0 Å². The maximum Gasteiger partial charge on any atom is 0.0766 e. The van der Waals surface area contributed by atoms with E-state index < -0.39 is 5.60 Å². The highest BCUT2D eigenvalue weighted by Crippen LogP contribution is 2.22. The van der Waals surface area contributed by atoms with Crippen molar-refractivity contribution in [1.82, 2.24) is 5.32 Å². The number of rotatable bonds is 6. The minimum absolute atomic E-state index is 0.336. The lowest BCUT2D eigenvalue weighted by Crippen LogP contribution is -2.46. The fourth-order valence-electron chi connectivity index (χ4n) is 2.26. The minimum atomic E-state index is -0.541. The zero-order valence-corrected chi connectivity index (χ0v) is 10.3. The third-order valence-electron chi connectivity index (χ3n) is 3.76. The van der Waals surface area contributed by atoms with Crippen molar-refractivity contribution in [3.05, 3.63) is 0 Å². The Balaban J connectivity index is 2.35. The summed E-state index contributed by atoms with van der Waals surface area (Å²) in [5.74, 6) is 0. The molecule has 1 aliphatic rings. The van der Waals surface area contributed by atoms with Gasteiger partial charge in [0, 0.05) is 19.7 Å². The summed E-state index contributed by atoms with van der Waals surface area (Å²) in [6, 6.07) is 0.430. The molecule has 1 saturated carbocycles. The van der Waals surface area contributed by atoms with E-state index in [0.29, 0.717) is 18.7 Å². The molecular weight excluding hydrogens is 190 g/mol. The quantitative estimate of drug-likeness (QED) is 0.708. The lowest BCUT2D eigenvalue weighted by atomic mass is 9.97. The number of nitrogens with one attached hydrogen (secondary N) is 1. The molecule has 0 spiro atoms. The first-order chi connectivity index (χ1) is 7.15. The van der Waals surface area contributed by atoms with Gasteiger partial charge in [0.2, 0.25) is 0 Å². The Kier molecular flexibility index (Phi) is 5.03. The number of aliphatic hydroxyl groups is 1. The molecule has 0 radical (unpaired) electrons. The molecule has 0 bridgehead atoms. The highest BCUT2D eigenvalue weighted by atomic mass is 16.5. The summed E-state index contributed by atoms with van der Waals surface area (Å²) < 4.78 is 5.41. The Labute approximate surface area is 93.2 Å². The first kappa shape index (κ1) is 12.9. The predicted octanol–water partition coefficient (Wildman–Crippen LogP) is 1.69. The number of hydrogen-bond donors (Lipinski definition) is 2. The maximum absolute atomic E-state index is 10.1. The van der Waals surface area contributed by atoms with Gasteiger partial charge in [0.25, 0.3) is 0 Å². The Hall–Kier alpha value is -0.120. The van der Waals surface area contributed by atoms with Crippen LogP contribution in [0, 0.1) is 0 Å². The summed E-state index contributed by atoms with van der Waals surface area (Å²) >= 11 is 0. The molecule has 0 heterocycles. The van der Waals surface area contributed by atoms with Gasteiger partial charge in [-0.3, -0.25) is 0 Å². The largest absolute Gasteiger partial charge is 0.389 e. The summed E-state index contributed by atoms with van der Waals surface area (Å²) in [4.78, 5) is 0. The van der Waals surface area contributed by atoms with Crippen molar-refractivity contribution < 1.29 is 9.84 Å². The van der Waals surface area contributed by atoms with Crippen LogP contribution in [0.4, 0.5) is 0 Å². The maximum atomic E-state index is 10.1. The standard InChI is InChI=1S/C12H25NO2/c1-4-12(14,5-2)9-13-10-7-6-8-11(10)15-3/h10-11,13-14H,4-9H2,1-3H3. The molecule has 1 aliphatic carbocycles. The average molecular weight is 215 g/mol. The third-order valence-corrected chi connectivity index (χ3v) is 3.76. The van der Waals surface area contributed by atoms with Crippen LogP contribution in [-0.4, -0.2) is 36.5 Å². The molecule has 0 aromatic carbocycles. The van der Waals surface area contributed by atoms with Gasteiger partial charge in [-0.2, -0.15) is 0 Å². The van der Waals surface area contributed by atoms with Crippen molar-refractivity contribution in [2.45, 2.75) is 63.7 Å². The molecule has 2 unspecified atom stereocenters. The van der Waals surface area contributed by atoms with Crippen LogP contribution in [0.15, 0.2) is 0 Å². The lowest BCUT2D eigenvalue weighted by Gasteiger charge is -2.29. The molecule has 1 fully saturated rings. The summed E-state index contributed by atoms with van der Waals surface area (Å²) in [6.07, 6.45) is 5.49. The fraction of sp³-hybridized carbons (Fsp3) is 1.00. The van der Waals surface area contributed by atoms with Crippen LogP contribution >= 0.6 is 0 Å². The smallest absolute Gasteiger partial charge is 0.0766 e. The highest BCUT2D eigenvalue weighted by molar-refractivity contribution is 4.87. The van der Waals surface area contributed by atoms with Crippen molar-refractivity contribution in [3.8, 4) is 0 Å². The topological polar surface area (TPSA) is 41.5 Å². The molecule has 2 N–H and O–H groups in total. The molecule has 0 aromatic heterocycles. The van der Waals surface area contributed by atoms with E-state index in [2.05, 4.69) is 5.32 Å². The molecule has 2 atom stereocenters. The van der Waals surface area contributed by atoms with E-state index in [1.165, 1.54) is 12.8 Å². The Morgan fingerprint density at radius 3 is 2.53 bits per heavy atom. The summed E-state index contributed by atoms with van der Waals surface area (Å²) in [6.45, 7) is 4.76. The zero-order chi connectivity index (χ0) is 11.3. The van der Waals surface area contributed by atoms with Gasteiger partial charge in [-0.15, -0.1) is 0 Å². The molecule has 1 rings (SSSR count). The normalized spacial score (nSPS) is 27.2. The van der Waals surface area contributed by atoms with E-state index in [0.717, 1.165) is 19.3 Å². The van der Waals surface area contributed by atoms with Crippen molar-refractivity contribution >= 4 is 0 Å². The number of ether oxygens (including phenoxy) is 1. The average Bonchev–Trinajstić information content (AvgIpc) is 2.73. The Morgan fingerprint density at radius 1 is 1.33 bits per heavy atom. The predicted molar refractivity (Wildman–Crippen MR) is 62.0 cm³/mol. The van der Waals surface area contributed by atoms with Crippen LogP contribution in [0.2, 0.25) is 0 Å². The first-order valence-corrected chi connectivity index (χ1v) is 6.13. The SMILES string of the molecule is CCC(O)(CC)CNC1CCCC1OC. The van der Waals surface area contributed by atoms with Crippen molar-refractivity contribution in [1.29, 1.82) is 0 Å². The highest BCUT2D eigenvalue weighted by Gasteiger charge is 2.29. The Bertz CT molecular complexity index is 180. The second-order valence-electron chi connectivity index (χ2n) is 4.62. The van der Waals surface area contributed by atoms with E-state index in [4.69, 9.17) is 4.74 Å². The second-order valence-corrected chi connectivity index (χ2v) is 4.62. The summed E-state index contributed by atoms with van der Waals surface area (Å²) in [7, 11) is 1.77. The summed E-state index contributed by atoms with van der Waals surface area (Å²) in [5, 5.41) is 13.6. The zero-order valence-electron chi connectivity index (χ0n) is 10.3. The molecule has 0 amide bonds. The molecule has 90 valence electrons. The van der Waals surface area contributed by atoms with Crippen LogP contribution in [0.25, 0.3) is 0 Å². The van der Waals surface area contributed by atoms with Crippen molar-refractivity contribution in [3.63, 3.8) is 0 Å². The van der Waals surface area contributed by atoms with E-state index in [1.54, 1.807) is 7.11 Å². The monoisotopic (exact) mass is 215 g/mol. The van der Waals surface area contributed by atoms with Gasteiger partial charge < -0.3 is 15.2 Å². The molecule has 0 aromatic rings. The minimum Gasteiger partial charge on any atom is -0.389 e. The Morgan fingerprint density at radius 2 is 2.00 bits per heavy atom. The van der Waals surface area contributed by atoms with Crippen LogP contribution in [0.3, 0.4) is 0 Å². The molecular formula is C12H25NO2. The second kappa shape index (κ2) is 5.83. The van der Waals surface area contributed by atoms with Crippen molar-refractivity contribution in [2.75, 3.05) is 13.7 Å². The third kappa shape index (κ3) is 3.44. The van der Waals surface area contributed by atoms with E-state index in [9.17, 15) is 5.11 Å². The van der Waals surface area contributed by atoms with Gasteiger partial charge in [0.05, 0.1) is 11.7 Å². The van der Waals surface area contributed by atoms with Gasteiger partial charge in [0.1, 0.15) is 0 Å². The van der Waals surface area contributed by atoms with Crippen LogP contribution in [0.1, 0.15) is 46.0 Å². The molecule has 3 heteroatoms. The van der Waals surface area contributed by atoms with Crippen LogP contribution in [0.5, 0.6) is 0 Å². The van der Waals surface area contributed by atoms with Gasteiger partial charge in [-0.05, 0) is 32.1 Å². The van der Waals surface area contributed by atoms with E-state index >= 15 is 0 Å². The number of methoxy groups -OCH3 is 1. The van der Waals surface area contributed by atoms with Gasteiger partial charge >= 0.3 is 0 Å². The van der Waals surface area contributed by atoms with Crippen LogP contribution < -0.4 is 5.32 Å². The van der Waals surface area contributed by atoms with E-state index in [-0.39, 0.29) is 0 Å². The molecule has 15 heavy (non-hydrogen) atoms. The van der Waals surface area contributed by atoms with Crippen LogP contribution in [-0.2, 0) is 4.74 Å². The first-order valence-electron chi connectivity index (χ1n) is 6.13. The molecule has 0 aliphatic heterocycles. The van der Waals surface area contributed by atoms with Gasteiger partial charge in [-0.25, -0.2) is 0 Å². The summed E-state index contributed by atoms with van der Waals surface area (Å²) in [5.41, 5.74) is -0.541. The fourth-order valence-corrected chi connectivity index (χ4v) is 2.26. The molecule has 3 nitrogen and oxygen atoms in total. The lowest BCUT2D eigenvalue weighted by molar-refractivity contribution is 0.0202.